The van der Waals surface area contributed by atoms with Gasteiger partial charge in [0.2, 0.25) is 0 Å². The summed E-state index contributed by atoms with van der Waals surface area (Å²) in [6, 6.07) is 7.22. The molecule has 1 aromatic carbocycles. The second-order valence-electron chi connectivity index (χ2n) is 4.88. The van der Waals surface area contributed by atoms with Crippen molar-refractivity contribution in [1.82, 2.24) is 5.32 Å². The number of thioether (sulfide) groups is 1. The summed E-state index contributed by atoms with van der Waals surface area (Å²) in [5.74, 6) is 2.42. The maximum atomic E-state index is 3.69. The van der Waals surface area contributed by atoms with Gasteiger partial charge in [0.1, 0.15) is 0 Å². The summed E-state index contributed by atoms with van der Waals surface area (Å²) < 4.78 is 0. The van der Waals surface area contributed by atoms with Gasteiger partial charge in [-0.05, 0) is 55.7 Å². The number of hydrogen-bond acceptors (Lipinski definition) is 2. The Bertz CT molecular complexity index is 321. The second kappa shape index (κ2) is 8.60. The SMILES string of the molecule is CCCNC(CSCC)Cc1c(C)cccc1C. The summed E-state index contributed by atoms with van der Waals surface area (Å²) in [5.41, 5.74) is 4.39. The largest absolute Gasteiger partial charge is 0.313 e. The highest BCUT2D eigenvalue weighted by Crippen LogP contribution is 2.17. The number of rotatable bonds is 8. The zero-order chi connectivity index (χ0) is 13.4. The van der Waals surface area contributed by atoms with E-state index in [-0.39, 0.29) is 0 Å². The van der Waals surface area contributed by atoms with Gasteiger partial charge >= 0.3 is 0 Å². The predicted molar refractivity (Wildman–Crippen MR) is 84.7 cm³/mol. The zero-order valence-corrected chi connectivity index (χ0v) is 13.1. The van der Waals surface area contributed by atoms with Gasteiger partial charge in [-0.25, -0.2) is 0 Å². The molecule has 0 fully saturated rings. The fourth-order valence-electron chi connectivity index (χ4n) is 2.22. The first-order chi connectivity index (χ1) is 8.69. The van der Waals surface area contributed by atoms with Crippen LogP contribution in [0.1, 0.15) is 37.0 Å². The molecule has 0 heterocycles. The van der Waals surface area contributed by atoms with Gasteiger partial charge in [-0.1, -0.05) is 32.0 Å². The van der Waals surface area contributed by atoms with E-state index in [0.29, 0.717) is 6.04 Å². The lowest BCUT2D eigenvalue weighted by Gasteiger charge is -2.20. The molecule has 0 aliphatic carbocycles. The van der Waals surface area contributed by atoms with E-state index in [4.69, 9.17) is 0 Å². The Labute approximate surface area is 117 Å². The van der Waals surface area contributed by atoms with Gasteiger partial charge in [-0.15, -0.1) is 0 Å². The first-order valence-corrected chi connectivity index (χ1v) is 8.20. The molecule has 1 atom stereocenters. The highest BCUT2D eigenvalue weighted by molar-refractivity contribution is 7.99. The Morgan fingerprint density at radius 1 is 1.17 bits per heavy atom. The number of benzene rings is 1. The van der Waals surface area contributed by atoms with Crippen LogP contribution in [0.5, 0.6) is 0 Å². The normalized spacial score (nSPS) is 12.7. The molecule has 0 radical (unpaired) electrons. The van der Waals surface area contributed by atoms with E-state index in [1.165, 1.54) is 34.6 Å². The lowest BCUT2D eigenvalue weighted by Crippen LogP contribution is -2.34. The van der Waals surface area contributed by atoms with Crippen LogP contribution in [0.2, 0.25) is 0 Å². The Morgan fingerprint density at radius 3 is 2.39 bits per heavy atom. The molecule has 1 nitrogen and oxygen atoms in total. The fraction of sp³-hybridized carbons (Fsp3) is 0.625. The van der Waals surface area contributed by atoms with E-state index < -0.39 is 0 Å². The minimum absolute atomic E-state index is 0.606. The molecule has 1 N–H and O–H groups in total. The molecule has 2 heteroatoms. The molecule has 0 aliphatic rings. The first kappa shape index (κ1) is 15.6. The van der Waals surface area contributed by atoms with Crippen LogP contribution in [0.4, 0.5) is 0 Å². The lowest BCUT2D eigenvalue weighted by molar-refractivity contribution is 0.548. The molecule has 1 aromatic rings. The van der Waals surface area contributed by atoms with Gasteiger partial charge in [0.15, 0.2) is 0 Å². The molecule has 1 rings (SSSR count). The lowest BCUT2D eigenvalue weighted by atomic mass is 9.97. The third kappa shape index (κ3) is 5.03. The Kier molecular flexibility index (Phi) is 7.45. The van der Waals surface area contributed by atoms with E-state index in [2.05, 4.69) is 51.2 Å². The van der Waals surface area contributed by atoms with Gasteiger partial charge in [-0.3, -0.25) is 0 Å². The van der Waals surface area contributed by atoms with Crippen LogP contribution in [-0.4, -0.2) is 24.1 Å². The minimum atomic E-state index is 0.606. The molecule has 0 spiro atoms. The van der Waals surface area contributed by atoms with Gasteiger partial charge in [0.05, 0.1) is 0 Å². The zero-order valence-electron chi connectivity index (χ0n) is 12.3. The molecule has 0 aromatic heterocycles. The van der Waals surface area contributed by atoms with Gasteiger partial charge in [0, 0.05) is 11.8 Å². The van der Waals surface area contributed by atoms with Gasteiger partial charge in [0.25, 0.3) is 0 Å². The molecule has 0 amide bonds. The van der Waals surface area contributed by atoms with Gasteiger partial charge in [-0.2, -0.15) is 11.8 Å². The van der Waals surface area contributed by atoms with Crippen molar-refractivity contribution in [2.75, 3.05) is 18.1 Å². The van der Waals surface area contributed by atoms with Crippen LogP contribution in [0.25, 0.3) is 0 Å². The molecule has 102 valence electrons. The smallest absolute Gasteiger partial charge is 0.0198 e. The van der Waals surface area contributed by atoms with Crippen LogP contribution >= 0.6 is 11.8 Å². The van der Waals surface area contributed by atoms with Crippen molar-refractivity contribution in [3.63, 3.8) is 0 Å². The summed E-state index contributed by atoms with van der Waals surface area (Å²) in [6.45, 7) is 10.1. The van der Waals surface area contributed by atoms with E-state index in [0.717, 1.165) is 13.0 Å². The number of hydrogen-bond donors (Lipinski definition) is 1. The first-order valence-electron chi connectivity index (χ1n) is 7.05. The van der Waals surface area contributed by atoms with Gasteiger partial charge < -0.3 is 5.32 Å². The average Bonchev–Trinajstić information content (AvgIpc) is 2.36. The predicted octanol–water partition coefficient (Wildman–Crippen LogP) is 3.97. The molecule has 1 unspecified atom stereocenters. The molecular weight excluding hydrogens is 238 g/mol. The number of aryl methyl sites for hydroxylation is 2. The Hall–Kier alpha value is -0.470. The Balaban J connectivity index is 2.68. The monoisotopic (exact) mass is 265 g/mol. The summed E-state index contributed by atoms with van der Waals surface area (Å²) in [4.78, 5) is 0. The molecule has 0 aliphatic heterocycles. The summed E-state index contributed by atoms with van der Waals surface area (Å²) >= 11 is 2.04. The van der Waals surface area contributed by atoms with Crippen LogP contribution in [0.3, 0.4) is 0 Å². The highest BCUT2D eigenvalue weighted by atomic mass is 32.2. The van der Waals surface area contributed by atoms with E-state index in [1.54, 1.807) is 0 Å². The summed E-state index contributed by atoms with van der Waals surface area (Å²) in [7, 11) is 0. The topological polar surface area (TPSA) is 12.0 Å². The van der Waals surface area contributed by atoms with Crippen LogP contribution in [0, 0.1) is 13.8 Å². The second-order valence-corrected chi connectivity index (χ2v) is 6.20. The highest BCUT2D eigenvalue weighted by Gasteiger charge is 2.11. The molecule has 0 bridgehead atoms. The fourth-order valence-corrected chi connectivity index (χ4v) is 2.97. The average molecular weight is 265 g/mol. The van der Waals surface area contributed by atoms with Crippen LogP contribution < -0.4 is 5.32 Å². The van der Waals surface area contributed by atoms with Crippen molar-refractivity contribution in [2.45, 2.75) is 46.6 Å². The molecule has 0 saturated carbocycles. The number of nitrogens with one attached hydrogen (secondary N) is 1. The van der Waals surface area contributed by atoms with E-state index in [9.17, 15) is 0 Å². The quantitative estimate of drug-likeness (QED) is 0.763. The van der Waals surface area contributed by atoms with E-state index >= 15 is 0 Å². The molecule has 18 heavy (non-hydrogen) atoms. The minimum Gasteiger partial charge on any atom is -0.313 e. The van der Waals surface area contributed by atoms with Crippen molar-refractivity contribution in [3.05, 3.63) is 34.9 Å². The van der Waals surface area contributed by atoms with Crippen molar-refractivity contribution in [2.24, 2.45) is 0 Å². The molecule has 0 saturated heterocycles. The van der Waals surface area contributed by atoms with E-state index in [1.807, 2.05) is 11.8 Å². The van der Waals surface area contributed by atoms with Crippen molar-refractivity contribution < 1.29 is 0 Å². The van der Waals surface area contributed by atoms with Crippen molar-refractivity contribution in [3.8, 4) is 0 Å². The van der Waals surface area contributed by atoms with Crippen molar-refractivity contribution >= 4 is 11.8 Å². The summed E-state index contributed by atoms with van der Waals surface area (Å²) in [6.07, 6.45) is 2.37. The summed E-state index contributed by atoms with van der Waals surface area (Å²) in [5, 5.41) is 3.69. The Morgan fingerprint density at radius 2 is 1.83 bits per heavy atom. The van der Waals surface area contributed by atoms with Crippen LogP contribution in [-0.2, 0) is 6.42 Å². The van der Waals surface area contributed by atoms with Crippen molar-refractivity contribution in [1.29, 1.82) is 0 Å². The maximum Gasteiger partial charge on any atom is 0.0198 e. The maximum absolute atomic E-state index is 3.69. The molecular formula is C16H27NS. The third-order valence-corrected chi connectivity index (χ3v) is 4.35. The third-order valence-electron chi connectivity index (χ3n) is 3.30. The van der Waals surface area contributed by atoms with Crippen LogP contribution in [0.15, 0.2) is 18.2 Å². The standard InChI is InChI=1S/C16H27NS/c1-5-10-17-15(12-18-6-2)11-16-13(3)8-7-9-14(16)4/h7-9,15,17H,5-6,10-12H2,1-4H3.